The number of nitrogens with one attached hydrogen (secondary N) is 2. The third-order valence-corrected chi connectivity index (χ3v) is 5.93. The molecule has 1 fully saturated rings. The van der Waals surface area contributed by atoms with E-state index in [4.69, 9.17) is 0 Å². The average molecular weight is 476 g/mol. The Balaban J connectivity index is 1.44. The van der Waals surface area contributed by atoms with Gasteiger partial charge in [0.15, 0.2) is 17.5 Å². The number of hydrogen-bond acceptors (Lipinski definition) is 4. The normalized spacial score (nSPS) is 15.0. The first-order valence-corrected chi connectivity index (χ1v) is 10.9. The van der Waals surface area contributed by atoms with Gasteiger partial charge in [-0.15, -0.1) is 0 Å². The highest BCUT2D eigenvalue weighted by atomic mass is 19.2. The van der Waals surface area contributed by atoms with Crippen molar-refractivity contribution in [2.24, 2.45) is 0 Å². The molecule has 1 atom stereocenters. The number of piperazine rings is 1. The van der Waals surface area contributed by atoms with Crippen LogP contribution in [0.5, 0.6) is 0 Å². The number of halogens is 3. The monoisotopic (exact) mass is 476 g/mol. The van der Waals surface area contributed by atoms with Crippen molar-refractivity contribution in [1.29, 1.82) is 0 Å². The molecular formula is C24H27F3N4O3. The first kappa shape index (κ1) is 25.2. The number of carbonyl (C=O) groups excluding carboxylic acids is 3. The quantitative estimate of drug-likeness (QED) is 0.601. The lowest BCUT2D eigenvalue weighted by Crippen LogP contribution is -2.55. The molecule has 0 bridgehead atoms. The van der Waals surface area contributed by atoms with E-state index < -0.39 is 47.5 Å². The summed E-state index contributed by atoms with van der Waals surface area (Å²) in [5.41, 5.74) is 1.54. The molecule has 2 N–H and O–H groups in total. The van der Waals surface area contributed by atoms with E-state index in [1.165, 1.54) is 0 Å². The van der Waals surface area contributed by atoms with Crippen LogP contribution in [0.4, 0.5) is 18.9 Å². The Hall–Kier alpha value is -3.40. The zero-order chi connectivity index (χ0) is 24.8. The minimum atomic E-state index is -1.69. The summed E-state index contributed by atoms with van der Waals surface area (Å²) >= 11 is 0. The van der Waals surface area contributed by atoms with Gasteiger partial charge in [-0.05, 0) is 37.1 Å². The average Bonchev–Trinajstić information content (AvgIpc) is 2.84. The molecule has 3 amide bonds. The molecule has 0 radical (unpaired) electrons. The van der Waals surface area contributed by atoms with E-state index in [1.54, 1.807) is 11.8 Å². The van der Waals surface area contributed by atoms with Gasteiger partial charge >= 0.3 is 0 Å². The van der Waals surface area contributed by atoms with Gasteiger partial charge < -0.3 is 15.5 Å². The lowest BCUT2D eigenvalue weighted by Gasteiger charge is -2.37. The number of benzene rings is 2. The standard InChI is InChI=1S/C24H27F3N4O3/c1-15-5-3-4-6-17(15)13-21(33)31-11-9-30(10-12-31)16(2)24(34)28-14-20(32)29-19-8-7-18(25)22(26)23(19)27/h3-8,16H,9-14H2,1-2H3,(H,28,34)(H,29,32). The number of nitrogens with zero attached hydrogens (tertiary/aromatic N) is 2. The maximum absolute atomic E-state index is 13.7. The number of amides is 3. The van der Waals surface area contributed by atoms with Gasteiger partial charge in [0.2, 0.25) is 17.7 Å². The predicted octanol–water partition coefficient (Wildman–Crippen LogP) is 2.24. The van der Waals surface area contributed by atoms with Crippen LogP contribution >= 0.6 is 0 Å². The van der Waals surface area contributed by atoms with Crippen LogP contribution in [-0.2, 0) is 20.8 Å². The minimum absolute atomic E-state index is 0.0344. The second-order valence-corrected chi connectivity index (χ2v) is 8.18. The number of rotatable bonds is 7. The molecule has 0 aliphatic carbocycles. The van der Waals surface area contributed by atoms with E-state index in [1.807, 2.05) is 36.1 Å². The van der Waals surface area contributed by atoms with Crippen molar-refractivity contribution in [2.45, 2.75) is 26.3 Å². The van der Waals surface area contributed by atoms with E-state index in [0.717, 1.165) is 17.2 Å². The maximum Gasteiger partial charge on any atom is 0.243 e. The molecule has 1 heterocycles. The van der Waals surface area contributed by atoms with E-state index in [9.17, 15) is 27.6 Å². The van der Waals surface area contributed by atoms with Crippen molar-refractivity contribution in [3.63, 3.8) is 0 Å². The maximum atomic E-state index is 13.7. The number of aryl methyl sites for hydroxylation is 1. The van der Waals surface area contributed by atoms with Crippen molar-refractivity contribution >= 4 is 23.4 Å². The molecule has 0 aromatic heterocycles. The summed E-state index contributed by atoms with van der Waals surface area (Å²) < 4.78 is 39.9. The third kappa shape index (κ3) is 6.13. The summed E-state index contributed by atoms with van der Waals surface area (Å²) in [5.74, 6) is -5.73. The van der Waals surface area contributed by atoms with Crippen molar-refractivity contribution in [2.75, 3.05) is 38.0 Å². The molecule has 0 spiro atoms. The largest absolute Gasteiger partial charge is 0.346 e. The van der Waals surface area contributed by atoms with E-state index in [0.29, 0.717) is 38.7 Å². The van der Waals surface area contributed by atoms with Gasteiger partial charge in [0.25, 0.3) is 0 Å². The third-order valence-electron chi connectivity index (χ3n) is 5.93. The molecule has 0 saturated carbocycles. The zero-order valence-corrected chi connectivity index (χ0v) is 19.0. The molecule has 1 aliphatic rings. The van der Waals surface area contributed by atoms with Crippen LogP contribution in [0.1, 0.15) is 18.1 Å². The molecule has 2 aromatic carbocycles. The van der Waals surface area contributed by atoms with Crippen molar-refractivity contribution in [1.82, 2.24) is 15.1 Å². The highest BCUT2D eigenvalue weighted by Gasteiger charge is 2.28. The molecule has 7 nitrogen and oxygen atoms in total. The van der Waals surface area contributed by atoms with Crippen LogP contribution in [0.15, 0.2) is 36.4 Å². The number of hydrogen-bond donors (Lipinski definition) is 2. The van der Waals surface area contributed by atoms with Gasteiger partial charge in [-0.3, -0.25) is 19.3 Å². The van der Waals surface area contributed by atoms with E-state index >= 15 is 0 Å². The molecule has 2 aromatic rings. The second-order valence-electron chi connectivity index (χ2n) is 8.18. The highest BCUT2D eigenvalue weighted by molar-refractivity contribution is 5.95. The molecule has 182 valence electrons. The van der Waals surface area contributed by atoms with Crippen LogP contribution in [0.25, 0.3) is 0 Å². The van der Waals surface area contributed by atoms with Gasteiger partial charge in [-0.1, -0.05) is 24.3 Å². The van der Waals surface area contributed by atoms with E-state index in [-0.39, 0.29) is 5.91 Å². The Morgan fingerprint density at radius 1 is 0.971 bits per heavy atom. The number of carbonyl (C=O) groups is 3. The molecule has 3 rings (SSSR count). The Morgan fingerprint density at radius 3 is 2.32 bits per heavy atom. The first-order valence-electron chi connectivity index (χ1n) is 10.9. The summed E-state index contributed by atoms with van der Waals surface area (Å²) in [6.45, 7) is 5.16. The van der Waals surface area contributed by atoms with Crippen LogP contribution in [0.3, 0.4) is 0 Å². The molecular weight excluding hydrogens is 449 g/mol. The van der Waals surface area contributed by atoms with Crippen LogP contribution < -0.4 is 10.6 Å². The van der Waals surface area contributed by atoms with Gasteiger partial charge in [0.05, 0.1) is 24.7 Å². The second kappa shape index (κ2) is 11.1. The van der Waals surface area contributed by atoms with Gasteiger partial charge in [-0.25, -0.2) is 13.2 Å². The van der Waals surface area contributed by atoms with Gasteiger partial charge in [-0.2, -0.15) is 0 Å². The Labute approximate surface area is 195 Å². The van der Waals surface area contributed by atoms with Crippen LogP contribution in [0, 0.1) is 24.4 Å². The SMILES string of the molecule is Cc1ccccc1CC(=O)N1CCN(C(C)C(=O)NCC(=O)Nc2ccc(F)c(F)c2F)CC1. The van der Waals surface area contributed by atoms with E-state index in [2.05, 4.69) is 10.6 Å². The fraction of sp³-hybridized carbons (Fsp3) is 0.375. The van der Waals surface area contributed by atoms with Crippen molar-refractivity contribution in [3.8, 4) is 0 Å². The Kier molecular flexibility index (Phi) is 8.27. The lowest BCUT2D eigenvalue weighted by atomic mass is 10.1. The van der Waals surface area contributed by atoms with Crippen LogP contribution in [-0.4, -0.2) is 66.3 Å². The smallest absolute Gasteiger partial charge is 0.243 e. The summed E-state index contributed by atoms with van der Waals surface area (Å²) in [4.78, 5) is 40.8. The predicted molar refractivity (Wildman–Crippen MR) is 120 cm³/mol. The molecule has 34 heavy (non-hydrogen) atoms. The zero-order valence-electron chi connectivity index (χ0n) is 19.0. The minimum Gasteiger partial charge on any atom is -0.346 e. The fourth-order valence-electron chi connectivity index (χ4n) is 3.74. The molecule has 1 unspecified atom stereocenters. The summed E-state index contributed by atoms with van der Waals surface area (Å²) in [5, 5.41) is 4.56. The van der Waals surface area contributed by atoms with Gasteiger partial charge in [0.1, 0.15) is 0 Å². The van der Waals surface area contributed by atoms with Crippen LogP contribution in [0.2, 0.25) is 0 Å². The van der Waals surface area contributed by atoms with Gasteiger partial charge in [0, 0.05) is 26.2 Å². The van der Waals surface area contributed by atoms with Crippen molar-refractivity contribution in [3.05, 3.63) is 65.0 Å². The topological polar surface area (TPSA) is 81.8 Å². The Bertz CT molecular complexity index is 1070. The molecule has 1 saturated heterocycles. The molecule has 1 aliphatic heterocycles. The first-order chi connectivity index (χ1) is 16.2. The number of anilines is 1. The highest BCUT2D eigenvalue weighted by Crippen LogP contribution is 2.19. The molecule has 10 heteroatoms. The lowest BCUT2D eigenvalue weighted by molar-refractivity contribution is -0.134. The van der Waals surface area contributed by atoms with Crippen molar-refractivity contribution < 1.29 is 27.6 Å². The summed E-state index contributed by atoms with van der Waals surface area (Å²) in [6, 6.07) is 8.78. The summed E-state index contributed by atoms with van der Waals surface area (Å²) in [6.07, 6.45) is 0.330. The fourth-order valence-corrected chi connectivity index (χ4v) is 3.74. The summed E-state index contributed by atoms with van der Waals surface area (Å²) in [7, 11) is 0. The Morgan fingerprint density at radius 2 is 1.65 bits per heavy atom.